The largest absolute Gasteiger partial charge is 0.493 e. The Morgan fingerprint density at radius 1 is 1.17 bits per heavy atom. The summed E-state index contributed by atoms with van der Waals surface area (Å²) in [5.74, 6) is 1.17. The summed E-state index contributed by atoms with van der Waals surface area (Å²) in [7, 11) is 0. The van der Waals surface area contributed by atoms with Gasteiger partial charge in [0.1, 0.15) is 5.75 Å². The molecule has 0 spiro atoms. The molecule has 2 aromatic carbocycles. The summed E-state index contributed by atoms with van der Waals surface area (Å²) in [6.45, 7) is 4.92. The molecule has 126 valence electrons. The van der Waals surface area contributed by atoms with E-state index in [1.165, 1.54) is 0 Å². The third-order valence-electron chi connectivity index (χ3n) is 4.93. The Hall–Kier alpha value is -2.29. The van der Waals surface area contributed by atoms with E-state index in [1.807, 2.05) is 54.6 Å². The van der Waals surface area contributed by atoms with E-state index >= 15 is 0 Å². The monoisotopic (exact) mass is 323 g/mol. The summed E-state index contributed by atoms with van der Waals surface area (Å²) in [5, 5.41) is 3.27. The maximum absolute atomic E-state index is 13.1. The molecule has 0 radical (unpaired) electrons. The lowest BCUT2D eigenvalue weighted by Crippen LogP contribution is -2.37. The van der Waals surface area contributed by atoms with Gasteiger partial charge in [0.25, 0.3) is 0 Å². The summed E-state index contributed by atoms with van der Waals surface area (Å²) in [5.41, 5.74) is 2.16. The van der Waals surface area contributed by atoms with E-state index in [9.17, 15) is 4.79 Å². The second-order valence-electron chi connectivity index (χ2n) is 6.51. The highest BCUT2D eigenvalue weighted by Crippen LogP contribution is 2.33. The van der Waals surface area contributed by atoms with E-state index in [1.54, 1.807) is 0 Å². The molecule has 3 nitrogen and oxygen atoms in total. The zero-order chi connectivity index (χ0) is 16.9. The number of rotatable bonds is 5. The van der Waals surface area contributed by atoms with Crippen LogP contribution in [0, 0.1) is 5.92 Å². The summed E-state index contributed by atoms with van der Waals surface area (Å²) in [6.07, 6.45) is 1.78. The molecular weight excluding hydrogens is 298 g/mol. The Morgan fingerprint density at radius 2 is 1.88 bits per heavy atom. The van der Waals surface area contributed by atoms with E-state index in [2.05, 4.69) is 19.2 Å². The molecule has 1 aliphatic rings. The maximum Gasteiger partial charge on any atom is 0.228 e. The minimum atomic E-state index is -0.119. The molecule has 0 unspecified atom stereocenters. The van der Waals surface area contributed by atoms with Gasteiger partial charge in [0.05, 0.1) is 18.6 Å². The first-order chi connectivity index (χ1) is 11.7. The van der Waals surface area contributed by atoms with E-state index in [0.29, 0.717) is 12.5 Å². The molecule has 1 amide bonds. The van der Waals surface area contributed by atoms with E-state index in [-0.39, 0.29) is 17.9 Å². The van der Waals surface area contributed by atoms with Gasteiger partial charge in [-0.3, -0.25) is 4.79 Å². The lowest BCUT2D eigenvalue weighted by Gasteiger charge is -2.30. The van der Waals surface area contributed by atoms with Gasteiger partial charge in [0.15, 0.2) is 0 Å². The quantitative estimate of drug-likeness (QED) is 0.882. The third-order valence-corrected chi connectivity index (χ3v) is 4.93. The van der Waals surface area contributed by atoms with E-state index < -0.39 is 0 Å². The first-order valence-corrected chi connectivity index (χ1v) is 8.77. The van der Waals surface area contributed by atoms with Crippen molar-refractivity contribution in [1.29, 1.82) is 0 Å². The van der Waals surface area contributed by atoms with Gasteiger partial charge in [-0.2, -0.15) is 0 Å². The van der Waals surface area contributed by atoms with Crippen LogP contribution < -0.4 is 10.1 Å². The maximum atomic E-state index is 13.1. The summed E-state index contributed by atoms with van der Waals surface area (Å²) < 4.78 is 5.70. The number of nitrogens with one attached hydrogen (secondary N) is 1. The predicted octanol–water partition coefficient (Wildman–Crippen LogP) is 4.46. The van der Waals surface area contributed by atoms with Crippen LogP contribution in [-0.2, 0) is 4.79 Å². The molecule has 1 heterocycles. The predicted molar refractivity (Wildman–Crippen MR) is 96.1 cm³/mol. The number of amides is 1. The Balaban J connectivity index is 1.82. The van der Waals surface area contributed by atoms with Crippen molar-refractivity contribution >= 4 is 5.91 Å². The molecule has 1 aliphatic heterocycles. The van der Waals surface area contributed by atoms with Crippen LogP contribution >= 0.6 is 0 Å². The first kappa shape index (κ1) is 16.6. The Labute approximate surface area is 144 Å². The minimum absolute atomic E-state index is 0.0257. The van der Waals surface area contributed by atoms with Crippen molar-refractivity contribution in [3.8, 4) is 5.75 Å². The smallest absolute Gasteiger partial charge is 0.228 e. The second-order valence-corrected chi connectivity index (χ2v) is 6.51. The number of ether oxygens (including phenoxy) is 1. The van der Waals surface area contributed by atoms with Crippen molar-refractivity contribution in [1.82, 2.24) is 5.32 Å². The number of para-hydroxylation sites is 1. The summed E-state index contributed by atoms with van der Waals surface area (Å²) in [4.78, 5) is 13.1. The molecule has 0 saturated carbocycles. The zero-order valence-corrected chi connectivity index (χ0v) is 14.4. The molecule has 3 rings (SSSR count). The van der Waals surface area contributed by atoms with E-state index in [0.717, 1.165) is 29.7 Å². The van der Waals surface area contributed by atoms with E-state index in [4.69, 9.17) is 4.74 Å². The van der Waals surface area contributed by atoms with Crippen molar-refractivity contribution in [3.05, 3.63) is 65.7 Å². The third kappa shape index (κ3) is 3.45. The van der Waals surface area contributed by atoms with Crippen LogP contribution in [0.2, 0.25) is 0 Å². The molecule has 0 bridgehead atoms. The average molecular weight is 323 g/mol. The molecule has 24 heavy (non-hydrogen) atoms. The fraction of sp³-hybridized carbons (Fsp3) is 0.381. The fourth-order valence-electron chi connectivity index (χ4n) is 3.39. The van der Waals surface area contributed by atoms with Gasteiger partial charge in [0.2, 0.25) is 5.91 Å². The second kappa shape index (κ2) is 7.52. The van der Waals surface area contributed by atoms with Gasteiger partial charge < -0.3 is 10.1 Å². The van der Waals surface area contributed by atoms with Gasteiger partial charge in [0, 0.05) is 12.0 Å². The van der Waals surface area contributed by atoms with Crippen LogP contribution in [0.25, 0.3) is 0 Å². The average Bonchev–Trinajstić information content (AvgIpc) is 2.63. The van der Waals surface area contributed by atoms with Gasteiger partial charge >= 0.3 is 0 Å². The summed E-state index contributed by atoms with van der Waals surface area (Å²) >= 11 is 0. The normalized spacial score (nSPS) is 18.8. The topological polar surface area (TPSA) is 38.3 Å². The van der Waals surface area contributed by atoms with Crippen molar-refractivity contribution in [2.75, 3.05) is 6.61 Å². The van der Waals surface area contributed by atoms with Crippen LogP contribution in [0.15, 0.2) is 54.6 Å². The Kier molecular flexibility index (Phi) is 5.19. The van der Waals surface area contributed by atoms with Crippen molar-refractivity contribution in [3.63, 3.8) is 0 Å². The number of fused-ring (bicyclic) bond motifs is 1. The van der Waals surface area contributed by atoms with Gasteiger partial charge in [-0.15, -0.1) is 0 Å². The molecule has 0 fully saturated rings. The molecule has 3 atom stereocenters. The molecule has 0 saturated heterocycles. The SMILES string of the molecule is CC[C@H](C)[C@@H](C(=O)N[C@H]1CCOc2ccccc21)c1ccccc1. The number of carbonyl (C=O) groups is 1. The molecule has 0 aromatic heterocycles. The first-order valence-electron chi connectivity index (χ1n) is 8.77. The molecule has 1 N–H and O–H groups in total. The van der Waals surface area contributed by atoms with Crippen molar-refractivity contribution in [2.24, 2.45) is 5.92 Å². The highest BCUT2D eigenvalue weighted by Gasteiger charge is 2.29. The molecule has 2 aromatic rings. The molecule has 0 aliphatic carbocycles. The number of hydrogen-bond acceptors (Lipinski definition) is 2. The van der Waals surface area contributed by atoms with Crippen LogP contribution in [0.4, 0.5) is 0 Å². The lowest BCUT2D eigenvalue weighted by molar-refractivity contribution is -0.124. The minimum Gasteiger partial charge on any atom is -0.493 e. The van der Waals surface area contributed by atoms with Crippen LogP contribution in [0.1, 0.15) is 49.8 Å². The van der Waals surface area contributed by atoms with Crippen LogP contribution in [0.5, 0.6) is 5.75 Å². The standard InChI is InChI=1S/C21H25NO2/c1-3-15(2)20(16-9-5-4-6-10-16)21(23)22-18-13-14-24-19-12-8-7-11-17(18)19/h4-12,15,18,20H,3,13-14H2,1-2H3,(H,22,23)/t15-,18-,20+/m0/s1. The highest BCUT2D eigenvalue weighted by atomic mass is 16.5. The van der Waals surface area contributed by atoms with Gasteiger partial charge in [-0.25, -0.2) is 0 Å². The molecular formula is C21H25NO2. The van der Waals surface area contributed by atoms with Crippen LogP contribution in [-0.4, -0.2) is 12.5 Å². The summed E-state index contributed by atoms with van der Waals surface area (Å²) in [6, 6.07) is 18.1. The Morgan fingerprint density at radius 3 is 2.62 bits per heavy atom. The van der Waals surface area contributed by atoms with Crippen molar-refractivity contribution < 1.29 is 9.53 Å². The zero-order valence-electron chi connectivity index (χ0n) is 14.4. The number of hydrogen-bond donors (Lipinski definition) is 1. The number of benzene rings is 2. The molecule has 3 heteroatoms. The van der Waals surface area contributed by atoms with Gasteiger partial charge in [-0.05, 0) is 17.5 Å². The Bertz CT molecular complexity index is 683. The fourth-order valence-corrected chi connectivity index (χ4v) is 3.39. The van der Waals surface area contributed by atoms with Crippen molar-refractivity contribution in [2.45, 2.75) is 38.6 Å². The highest BCUT2D eigenvalue weighted by molar-refractivity contribution is 5.84. The number of carbonyl (C=O) groups excluding carboxylic acids is 1. The lowest BCUT2D eigenvalue weighted by atomic mass is 9.84. The van der Waals surface area contributed by atoms with Crippen LogP contribution in [0.3, 0.4) is 0 Å². The van der Waals surface area contributed by atoms with Gasteiger partial charge in [-0.1, -0.05) is 68.8 Å².